The second-order valence-electron chi connectivity index (χ2n) is 7.37. The van der Waals surface area contributed by atoms with E-state index in [2.05, 4.69) is 16.0 Å². The fourth-order valence-electron chi connectivity index (χ4n) is 3.10. The number of aliphatic hydroxyl groups excluding tert-OH is 1. The van der Waals surface area contributed by atoms with Gasteiger partial charge in [0.15, 0.2) is 5.78 Å². The van der Waals surface area contributed by atoms with Gasteiger partial charge < -0.3 is 14.5 Å². The molecule has 0 aliphatic heterocycles. The van der Waals surface area contributed by atoms with E-state index in [1.165, 1.54) is 26.0 Å². The summed E-state index contributed by atoms with van der Waals surface area (Å²) in [5, 5.41) is 9.84. The monoisotopic (exact) mass is 613 g/mol. The molecular formula is C26H27IrN2O3-. The molecule has 0 atom stereocenters. The van der Waals surface area contributed by atoms with Gasteiger partial charge in [-0.1, -0.05) is 36.4 Å². The number of pyridine rings is 2. The Bertz CT molecular complexity index is 1440. The largest absolute Gasteiger partial charge is 0.512 e. The summed E-state index contributed by atoms with van der Waals surface area (Å²) < 4.78 is 45.3. The Hall–Kier alpha value is -2.82. The predicted molar refractivity (Wildman–Crippen MR) is 124 cm³/mol. The van der Waals surface area contributed by atoms with Gasteiger partial charge in [0, 0.05) is 50.3 Å². The number of aliphatic hydroxyl groups is 1. The number of carbonyl (C=O) groups is 1. The number of carbonyl (C=O) groups excluding carboxylic acids is 1. The Morgan fingerprint density at radius 3 is 2.69 bits per heavy atom. The fourth-order valence-corrected chi connectivity index (χ4v) is 3.10. The van der Waals surface area contributed by atoms with E-state index in [0.29, 0.717) is 27.8 Å². The van der Waals surface area contributed by atoms with Crippen LogP contribution in [0.3, 0.4) is 0 Å². The van der Waals surface area contributed by atoms with E-state index >= 15 is 0 Å². The molecule has 0 unspecified atom stereocenters. The van der Waals surface area contributed by atoms with Crippen LogP contribution in [-0.4, -0.2) is 20.9 Å². The molecule has 0 saturated carbocycles. The zero-order valence-corrected chi connectivity index (χ0v) is 20.6. The standard InChI is InChI=1S/C21H19N2O.C5H8O2.Ir/c1-13(2)11-15-9-10-22-19(12-15)18-6-4-5-16-17-8-7-14(3)23-21(17)24-20(16)18;1-4(6)3-5(2)7;/h4-5,7-10,12-13H,11H2,1-3H3;3,6H,1-2H3;/q-1;;/b;4-3-;/i3D3,11D2;;. The van der Waals surface area contributed by atoms with E-state index in [4.69, 9.17) is 16.4 Å². The average molecular weight is 613 g/mol. The quantitative estimate of drug-likeness (QED) is 0.164. The van der Waals surface area contributed by atoms with Gasteiger partial charge in [0.05, 0.1) is 11.3 Å². The molecule has 4 rings (SSSR count). The van der Waals surface area contributed by atoms with E-state index in [9.17, 15) is 4.79 Å². The van der Waals surface area contributed by atoms with Gasteiger partial charge >= 0.3 is 0 Å². The van der Waals surface area contributed by atoms with Gasteiger partial charge in [0.2, 0.25) is 5.71 Å². The number of rotatable bonds is 4. The molecule has 169 valence electrons. The number of furan rings is 1. The van der Waals surface area contributed by atoms with Crippen molar-refractivity contribution in [1.82, 2.24) is 9.97 Å². The first kappa shape index (κ1) is 18.7. The summed E-state index contributed by atoms with van der Waals surface area (Å²) >= 11 is 0. The van der Waals surface area contributed by atoms with Crippen LogP contribution in [0.25, 0.3) is 33.3 Å². The van der Waals surface area contributed by atoms with Gasteiger partial charge in [0.1, 0.15) is 0 Å². The van der Waals surface area contributed by atoms with Crippen LogP contribution in [0.1, 0.15) is 45.8 Å². The minimum atomic E-state index is -2.32. The maximum absolute atomic E-state index is 10.0. The molecule has 3 aromatic heterocycles. The molecule has 3 heterocycles. The Labute approximate surface area is 209 Å². The predicted octanol–water partition coefficient (Wildman–Crippen LogP) is 6.38. The number of hydrogen-bond donors (Lipinski definition) is 1. The number of fused-ring (bicyclic) bond motifs is 3. The Kier molecular flexibility index (Phi) is 6.53. The molecule has 0 bridgehead atoms. The van der Waals surface area contributed by atoms with Crippen molar-refractivity contribution in [1.29, 1.82) is 0 Å². The van der Waals surface area contributed by atoms with Crippen LogP contribution in [0.4, 0.5) is 0 Å². The minimum absolute atomic E-state index is 0. The topological polar surface area (TPSA) is 76.2 Å². The van der Waals surface area contributed by atoms with Gasteiger partial charge in [0.25, 0.3) is 0 Å². The van der Waals surface area contributed by atoms with Crippen molar-refractivity contribution in [3.8, 4) is 11.3 Å². The van der Waals surface area contributed by atoms with Gasteiger partial charge in [-0.05, 0) is 56.9 Å². The third kappa shape index (κ3) is 6.35. The van der Waals surface area contributed by atoms with Gasteiger partial charge in [-0.25, -0.2) is 4.98 Å². The number of benzene rings is 1. The minimum Gasteiger partial charge on any atom is -0.512 e. The molecule has 32 heavy (non-hydrogen) atoms. The molecule has 0 aliphatic carbocycles. The van der Waals surface area contributed by atoms with Crippen LogP contribution in [0.5, 0.6) is 0 Å². The molecule has 0 saturated heterocycles. The smallest absolute Gasteiger partial charge is 0.216 e. The first-order chi connectivity index (χ1) is 16.7. The summed E-state index contributed by atoms with van der Waals surface area (Å²) in [6.45, 7) is 4.20. The first-order valence-corrected chi connectivity index (χ1v) is 9.81. The number of ketones is 1. The molecule has 1 radical (unpaired) electrons. The number of aryl methyl sites for hydroxylation is 1. The van der Waals surface area contributed by atoms with Gasteiger partial charge in [-0.15, -0.1) is 18.2 Å². The number of aromatic nitrogens is 2. The van der Waals surface area contributed by atoms with Crippen LogP contribution in [0, 0.1) is 18.8 Å². The number of allylic oxidation sites excluding steroid dienone is 2. The number of nitrogens with zero attached hydrogens (tertiary/aromatic N) is 2. The SMILES string of the molecule is CC(=O)/C=C(/C)O.[2H]C([2H])([2H])c1ccc2c(n1)oc1c(-c3cc(C([2H])([2H])C(C)C)ccn3)[c-]ccc12.[Ir]. The second-order valence-corrected chi connectivity index (χ2v) is 7.37. The average Bonchev–Trinajstić information content (AvgIpc) is 3.16. The summed E-state index contributed by atoms with van der Waals surface area (Å²) in [7, 11) is 0. The first-order valence-electron chi connectivity index (χ1n) is 12.3. The van der Waals surface area contributed by atoms with Crippen molar-refractivity contribution in [2.75, 3.05) is 0 Å². The summed E-state index contributed by atoms with van der Waals surface area (Å²) in [4.78, 5) is 18.6. The van der Waals surface area contributed by atoms with Crippen molar-refractivity contribution < 1.29 is 41.3 Å². The van der Waals surface area contributed by atoms with E-state index in [0.717, 1.165) is 5.39 Å². The van der Waals surface area contributed by atoms with Crippen molar-refractivity contribution in [2.24, 2.45) is 5.92 Å². The molecular weight excluding hydrogens is 581 g/mol. The molecule has 6 heteroatoms. The van der Waals surface area contributed by atoms with E-state index in [-0.39, 0.29) is 49.0 Å². The summed E-state index contributed by atoms with van der Waals surface area (Å²) in [5.41, 5.74) is 2.35. The van der Waals surface area contributed by atoms with Crippen LogP contribution in [0.2, 0.25) is 0 Å². The molecule has 1 N–H and O–H groups in total. The molecule has 0 fully saturated rings. The second kappa shape index (κ2) is 11.2. The number of hydrogen-bond acceptors (Lipinski definition) is 5. The third-order valence-corrected chi connectivity index (χ3v) is 4.18. The van der Waals surface area contributed by atoms with Crippen molar-refractivity contribution in [3.63, 3.8) is 0 Å². The van der Waals surface area contributed by atoms with Crippen LogP contribution < -0.4 is 0 Å². The maximum Gasteiger partial charge on any atom is 0.216 e. The Morgan fingerprint density at radius 1 is 1.28 bits per heavy atom. The molecule has 0 spiro atoms. The summed E-state index contributed by atoms with van der Waals surface area (Å²) in [6, 6.07) is 13.3. The van der Waals surface area contributed by atoms with E-state index in [1.54, 1.807) is 30.5 Å². The van der Waals surface area contributed by atoms with Crippen molar-refractivity contribution >= 4 is 27.9 Å². The normalized spacial score (nSPS) is 14.4. The molecule has 5 nitrogen and oxygen atoms in total. The molecule has 0 aliphatic rings. The molecule has 1 aromatic carbocycles. The Morgan fingerprint density at radius 2 is 2.06 bits per heavy atom. The summed E-state index contributed by atoms with van der Waals surface area (Å²) in [5.74, 6) is -0.265. The van der Waals surface area contributed by atoms with E-state index in [1.807, 2.05) is 19.9 Å². The van der Waals surface area contributed by atoms with Crippen molar-refractivity contribution in [2.45, 2.75) is 40.9 Å². The maximum atomic E-state index is 10.0. The summed E-state index contributed by atoms with van der Waals surface area (Å²) in [6.07, 6.45) is 1.24. The van der Waals surface area contributed by atoms with Crippen LogP contribution in [0.15, 0.2) is 58.8 Å². The van der Waals surface area contributed by atoms with Crippen LogP contribution >= 0.6 is 0 Å². The van der Waals surface area contributed by atoms with Crippen molar-refractivity contribution in [3.05, 3.63) is 71.8 Å². The zero-order valence-electron chi connectivity index (χ0n) is 23.2. The van der Waals surface area contributed by atoms with E-state index < -0.39 is 13.2 Å². The third-order valence-electron chi connectivity index (χ3n) is 4.18. The van der Waals surface area contributed by atoms with Gasteiger partial charge in [-0.2, -0.15) is 0 Å². The molecule has 4 aromatic rings. The molecule has 0 amide bonds. The zero-order chi connectivity index (χ0) is 26.8. The van der Waals surface area contributed by atoms with Gasteiger partial charge in [-0.3, -0.25) is 4.79 Å². The fraction of sp³-hybridized carbons (Fsp3) is 0.269. The Balaban J connectivity index is 0.000000532. The van der Waals surface area contributed by atoms with Crippen LogP contribution in [-0.2, 0) is 31.3 Å².